The van der Waals surface area contributed by atoms with Crippen LogP contribution in [0.2, 0.25) is 0 Å². The first-order valence-electron chi connectivity index (χ1n) is 9.09. The summed E-state index contributed by atoms with van der Waals surface area (Å²) in [6, 6.07) is 7.82. The maximum absolute atomic E-state index is 5.86. The Morgan fingerprint density at radius 3 is 2.58 bits per heavy atom. The van der Waals surface area contributed by atoms with Crippen LogP contribution in [-0.2, 0) is 0 Å². The Hall–Kier alpha value is -1.30. The molecule has 0 aliphatic carbocycles. The van der Waals surface area contributed by atoms with Gasteiger partial charge in [0.15, 0.2) is 0 Å². The highest BCUT2D eigenvalue weighted by Crippen LogP contribution is 2.26. The van der Waals surface area contributed by atoms with Crippen molar-refractivity contribution in [1.82, 2.24) is 15.1 Å². The number of hydrogen-bond acceptors (Lipinski definition) is 5. The maximum atomic E-state index is 5.86. The Balaban J connectivity index is 1.35. The first-order chi connectivity index (χ1) is 11.7. The second kappa shape index (κ2) is 8.19. The van der Waals surface area contributed by atoms with Crippen LogP contribution in [0.25, 0.3) is 0 Å². The highest BCUT2D eigenvalue weighted by atomic mass is 16.5. The van der Waals surface area contributed by atoms with Gasteiger partial charge >= 0.3 is 0 Å². The SMILES string of the molecule is COc1cccc(OCCN2CCN(CC3(C)CCNC3)CC2)c1. The molecule has 1 unspecified atom stereocenters. The highest BCUT2D eigenvalue weighted by Gasteiger charge is 2.31. The molecule has 2 aliphatic rings. The third-order valence-electron chi connectivity index (χ3n) is 5.24. The fraction of sp³-hybridized carbons (Fsp3) is 0.684. The van der Waals surface area contributed by atoms with E-state index in [1.54, 1.807) is 7.11 Å². The molecule has 1 aromatic carbocycles. The lowest BCUT2D eigenvalue weighted by Gasteiger charge is -2.38. The summed E-state index contributed by atoms with van der Waals surface area (Å²) >= 11 is 0. The lowest BCUT2D eigenvalue weighted by atomic mass is 9.89. The van der Waals surface area contributed by atoms with Gasteiger partial charge in [-0.05, 0) is 30.5 Å². The van der Waals surface area contributed by atoms with Gasteiger partial charge in [-0.15, -0.1) is 0 Å². The summed E-state index contributed by atoms with van der Waals surface area (Å²) in [4.78, 5) is 5.14. The van der Waals surface area contributed by atoms with Gasteiger partial charge in [-0.3, -0.25) is 4.90 Å². The van der Waals surface area contributed by atoms with Gasteiger partial charge < -0.3 is 19.7 Å². The standard InChI is InChI=1S/C19H31N3O2/c1-19(6-7-20-15-19)16-22-10-8-21(9-11-22)12-13-24-18-5-3-4-17(14-18)23-2/h3-5,14,20H,6-13,15-16H2,1-2H3. The smallest absolute Gasteiger partial charge is 0.123 e. The van der Waals surface area contributed by atoms with Crippen LogP contribution in [-0.4, -0.2) is 75.9 Å². The summed E-state index contributed by atoms with van der Waals surface area (Å²) < 4.78 is 11.1. The molecule has 1 atom stereocenters. The molecule has 1 aromatic rings. The van der Waals surface area contributed by atoms with Crippen LogP contribution in [0.1, 0.15) is 13.3 Å². The lowest BCUT2D eigenvalue weighted by molar-refractivity contribution is 0.0882. The molecular weight excluding hydrogens is 302 g/mol. The summed E-state index contributed by atoms with van der Waals surface area (Å²) in [5, 5.41) is 3.50. The minimum absolute atomic E-state index is 0.470. The molecule has 2 fully saturated rings. The van der Waals surface area contributed by atoms with E-state index in [1.165, 1.54) is 39.1 Å². The van der Waals surface area contributed by atoms with Crippen molar-refractivity contribution in [2.45, 2.75) is 13.3 Å². The van der Waals surface area contributed by atoms with Crippen LogP contribution in [0.3, 0.4) is 0 Å². The van der Waals surface area contributed by atoms with E-state index in [-0.39, 0.29) is 0 Å². The van der Waals surface area contributed by atoms with Crippen molar-refractivity contribution in [2.75, 3.05) is 66.1 Å². The van der Waals surface area contributed by atoms with Crippen LogP contribution in [0.4, 0.5) is 0 Å². The Labute approximate surface area is 145 Å². The molecule has 0 amide bonds. The molecule has 2 saturated heterocycles. The van der Waals surface area contributed by atoms with Crippen molar-refractivity contribution in [3.63, 3.8) is 0 Å². The number of nitrogens with zero attached hydrogens (tertiary/aromatic N) is 2. The number of benzene rings is 1. The van der Waals surface area contributed by atoms with Crippen LogP contribution in [0.5, 0.6) is 11.5 Å². The Morgan fingerprint density at radius 1 is 1.12 bits per heavy atom. The minimum atomic E-state index is 0.470. The second-order valence-electron chi connectivity index (χ2n) is 7.38. The summed E-state index contributed by atoms with van der Waals surface area (Å²) in [5.74, 6) is 1.73. The van der Waals surface area contributed by atoms with E-state index >= 15 is 0 Å². The number of nitrogens with one attached hydrogen (secondary N) is 1. The van der Waals surface area contributed by atoms with Crippen molar-refractivity contribution in [1.29, 1.82) is 0 Å². The molecule has 134 valence electrons. The van der Waals surface area contributed by atoms with E-state index in [0.717, 1.165) is 37.7 Å². The molecule has 0 bridgehead atoms. The van der Waals surface area contributed by atoms with Crippen molar-refractivity contribution >= 4 is 0 Å². The molecule has 0 aromatic heterocycles. The zero-order valence-corrected chi connectivity index (χ0v) is 15.1. The van der Waals surface area contributed by atoms with E-state index in [1.807, 2.05) is 24.3 Å². The molecule has 5 nitrogen and oxygen atoms in total. The summed E-state index contributed by atoms with van der Waals surface area (Å²) in [5.41, 5.74) is 0.470. The van der Waals surface area contributed by atoms with Crippen LogP contribution in [0, 0.1) is 5.41 Å². The van der Waals surface area contributed by atoms with E-state index in [4.69, 9.17) is 9.47 Å². The van der Waals surface area contributed by atoms with Crippen molar-refractivity contribution in [3.8, 4) is 11.5 Å². The molecule has 2 aliphatic heterocycles. The lowest BCUT2D eigenvalue weighted by Crippen LogP contribution is -2.50. The average molecular weight is 333 g/mol. The average Bonchev–Trinajstić information content (AvgIpc) is 3.03. The van der Waals surface area contributed by atoms with Crippen LogP contribution < -0.4 is 14.8 Å². The monoisotopic (exact) mass is 333 g/mol. The predicted molar refractivity (Wildman–Crippen MR) is 97.0 cm³/mol. The van der Waals surface area contributed by atoms with Crippen molar-refractivity contribution in [2.24, 2.45) is 5.41 Å². The summed E-state index contributed by atoms with van der Waals surface area (Å²) in [7, 11) is 1.68. The molecule has 24 heavy (non-hydrogen) atoms. The molecular formula is C19H31N3O2. The minimum Gasteiger partial charge on any atom is -0.497 e. The van der Waals surface area contributed by atoms with E-state index < -0.39 is 0 Å². The van der Waals surface area contributed by atoms with Gasteiger partial charge in [0.05, 0.1) is 7.11 Å². The summed E-state index contributed by atoms with van der Waals surface area (Å²) in [6.07, 6.45) is 1.31. The topological polar surface area (TPSA) is 37.0 Å². The maximum Gasteiger partial charge on any atom is 0.123 e. The summed E-state index contributed by atoms with van der Waals surface area (Å²) in [6.45, 7) is 12.4. The Morgan fingerprint density at radius 2 is 1.88 bits per heavy atom. The fourth-order valence-corrected chi connectivity index (χ4v) is 3.70. The molecule has 3 rings (SSSR count). The first-order valence-corrected chi connectivity index (χ1v) is 9.09. The highest BCUT2D eigenvalue weighted by molar-refractivity contribution is 5.32. The van der Waals surface area contributed by atoms with Gasteiger partial charge in [-0.25, -0.2) is 0 Å². The van der Waals surface area contributed by atoms with Gasteiger partial charge in [0, 0.05) is 51.9 Å². The predicted octanol–water partition coefficient (Wildman–Crippen LogP) is 1.69. The third kappa shape index (κ3) is 4.85. The van der Waals surface area contributed by atoms with Gasteiger partial charge in [0.2, 0.25) is 0 Å². The van der Waals surface area contributed by atoms with Gasteiger partial charge in [0.25, 0.3) is 0 Å². The molecule has 2 heterocycles. The second-order valence-corrected chi connectivity index (χ2v) is 7.38. The quantitative estimate of drug-likeness (QED) is 0.822. The van der Waals surface area contributed by atoms with Crippen LogP contribution >= 0.6 is 0 Å². The molecule has 1 N–H and O–H groups in total. The normalized spacial score (nSPS) is 25.8. The molecule has 0 spiro atoms. The van der Waals surface area contributed by atoms with E-state index in [9.17, 15) is 0 Å². The van der Waals surface area contributed by atoms with E-state index in [2.05, 4.69) is 22.0 Å². The molecule has 5 heteroatoms. The number of rotatable bonds is 7. The number of piperazine rings is 1. The Bertz CT molecular complexity index is 509. The van der Waals surface area contributed by atoms with Crippen molar-refractivity contribution in [3.05, 3.63) is 24.3 Å². The van der Waals surface area contributed by atoms with Gasteiger partial charge in [-0.2, -0.15) is 0 Å². The van der Waals surface area contributed by atoms with Gasteiger partial charge in [-0.1, -0.05) is 13.0 Å². The Kier molecular flexibility index (Phi) is 5.98. The first kappa shape index (κ1) is 17.5. The zero-order chi connectivity index (χ0) is 16.8. The van der Waals surface area contributed by atoms with E-state index in [0.29, 0.717) is 5.41 Å². The third-order valence-corrected chi connectivity index (χ3v) is 5.24. The van der Waals surface area contributed by atoms with Crippen LogP contribution in [0.15, 0.2) is 24.3 Å². The number of ether oxygens (including phenoxy) is 2. The fourth-order valence-electron chi connectivity index (χ4n) is 3.70. The largest absolute Gasteiger partial charge is 0.497 e. The van der Waals surface area contributed by atoms with Crippen molar-refractivity contribution < 1.29 is 9.47 Å². The zero-order valence-electron chi connectivity index (χ0n) is 15.1. The van der Waals surface area contributed by atoms with Gasteiger partial charge in [0.1, 0.15) is 18.1 Å². The molecule has 0 saturated carbocycles. The number of hydrogen-bond donors (Lipinski definition) is 1. The molecule has 0 radical (unpaired) electrons. The number of methoxy groups -OCH3 is 1.